The molecule has 1 saturated heterocycles. The van der Waals surface area contributed by atoms with Crippen LogP contribution in [0.3, 0.4) is 0 Å². The molecule has 2 aromatic rings. The van der Waals surface area contributed by atoms with E-state index < -0.39 is 5.97 Å². The number of nitrogens with one attached hydrogen (secondary N) is 1. The van der Waals surface area contributed by atoms with Crippen LogP contribution in [0.5, 0.6) is 0 Å². The van der Waals surface area contributed by atoms with Crippen LogP contribution in [0.25, 0.3) is 5.52 Å². The van der Waals surface area contributed by atoms with E-state index >= 15 is 0 Å². The van der Waals surface area contributed by atoms with Crippen LogP contribution in [0, 0.1) is 5.92 Å². The summed E-state index contributed by atoms with van der Waals surface area (Å²) < 4.78 is 2.70. The Kier molecular flexibility index (Phi) is 3.76. The van der Waals surface area contributed by atoms with Gasteiger partial charge in [0, 0.05) is 12.6 Å². The normalized spacial score (nSPS) is 16.6. The average molecular weight is 338 g/mol. The topological polar surface area (TPSA) is 66.6 Å². The van der Waals surface area contributed by atoms with E-state index in [1.165, 1.54) is 12.8 Å². The molecule has 0 amide bonds. The number of imidazole rings is 1. The van der Waals surface area contributed by atoms with E-state index in [9.17, 15) is 4.79 Å². The Morgan fingerprint density at radius 1 is 1.50 bits per heavy atom. The highest BCUT2D eigenvalue weighted by Gasteiger charge is 2.18. The maximum atomic E-state index is 11.0. The molecule has 0 bridgehead atoms. The van der Waals surface area contributed by atoms with E-state index in [4.69, 9.17) is 5.11 Å². The van der Waals surface area contributed by atoms with Gasteiger partial charge >= 0.3 is 5.97 Å². The fourth-order valence-electron chi connectivity index (χ4n) is 2.73. The number of fused-ring (bicyclic) bond motifs is 1. The zero-order valence-electron chi connectivity index (χ0n) is 11.0. The van der Waals surface area contributed by atoms with Crippen LogP contribution in [0.4, 0.5) is 0 Å². The highest BCUT2D eigenvalue weighted by atomic mass is 79.9. The molecule has 106 valence electrons. The predicted octanol–water partition coefficient (Wildman–Crippen LogP) is 2.34. The van der Waals surface area contributed by atoms with Crippen molar-refractivity contribution in [1.29, 1.82) is 0 Å². The minimum Gasteiger partial charge on any atom is -0.478 e. The van der Waals surface area contributed by atoms with Crippen molar-refractivity contribution in [3.63, 3.8) is 0 Å². The first-order chi connectivity index (χ1) is 9.65. The van der Waals surface area contributed by atoms with Crippen LogP contribution < -0.4 is 5.32 Å². The Morgan fingerprint density at radius 2 is 2.25 bits per heavy atom. The number of rotatable bonds is 3. The van der Waals surface area contributed by atoms with E-state index in [2.05, 4.69) is 26.2 Å². The van der Waals surface area contributed by atoms with Gasteiger partial charge < -0.3 is 14.8 Å². The first kappa shape index (κ1) is 13.6. The summed E-state index contributed by atoms with van der Waals surface area (Å²) in [6.07, 6.45) is 5.06. The van der Waals surface area contributed by atoms with Crippen LogP contribution in [-0.2, 0) is 6.42 Å². The Morgan fingerprint density at radius 3 is 2.95 bits per heavy atom. The number of hydrogen-bond donors (Lipinski definition) is 2. The number of carbonyl (C=O) groups is 1. The van der Waals surface area contributed by atoms with Gasteiger partial charge in [-0.2, -0.15) is 0 Å². The molecule has 0 aromatic carbocycles. The fourth-order valence-corrected chi connectivity index (χ4v) is 3.24. The lowest BCUT2D eigenvalue weighted by atomic mass is 9.94. The van der Waals surface area contributed by atoms with Gasteiger partial charge in [0.15, 0.2) is 0 Å². The van der Waals surface area contributed by atoms with Crippen LogP contribution in [0.15, 0.2) is 22.9 Å². The van der Waals surface area contributed by atoms with Crippen molar-refractivity contribution in [2.75, 3.05) is 13.1 Å². The van der Waals surface area contributed by atoms with Gasteiger partial charge in [0.2, 0.25) is 0 Å². The number of carboxylic acids is 1. The summed E-state index contributed by atoms with van der Waals surface area (Å²) in [4.78, 5) is 15.6. The molecule has 3 heterocycles. The van der Waals surface area contributed by atoms with Crippen molar-refractivity contribution < 1.29 is 9.90 Å². The molecule has 1 aliphatic rings. The number of hydrogen-bond acceptors (Lipinski definition) is 3. The molecule has 2 N–H and O–H groups in total. The average Bonchev–Trinajstić information content (AvgIpc) is 2.76. The number of piperidine rings is 1. The van der Waals surface area contributed by atoms with E-state index in [0.717, 1.165) is 30.9 Å². The predicted molar refractivity (Wildman–Crippen MR) is 79.1 cm³/mol. The molecule has 0 spiro atoms. The van der Waals surface area contributed by atoms with Crippen molar-refractivity contribution in [1.82, 2.24) is 14.7 Å². The van der Waals surface area contributed by atoms with Crippen molar-refractivity contribution in [2.24, 2.45) is 5.92 Å². The maximum Gasteiger partial charge on any atom is 0.335 e. The highest BCUT2D eigenvalue weighted by molar-refractivity contribution is 9.10. The second kappa shape index (κ2) is 5.54. The highest BCUT2D eigenvalue weighted by Crippen LogP contribution is 2.24. The molecule has 0 unspecified atom stereocenters. The quantitative estimate of drug-likeness (QED) is 0.902. The largest absolute Gasteiger partial charge is 0.478 e. The van der Waals surface area contributed by atoms with Crippen LogP contribution in [-0.4, -0.2) is 33.6 Å². The Hall–Kier alpha value is -1.40. The van der Waals surface area contributed by atoms with Crippen LogP contribution >= 0.6 is 15.9 Å². The second-order valence-electron chi connectivity index (χ2n) is 5.19. The Balaban J connectivity index is 1.93. The summed E-state index contributed by atoms with van der Waals surface area (Å²) >= 11 is 3.43. The third kappa shape index (κ3) is 2.58. The lowest BCUT2D eigenvalue weighted by Gasteiger charge is -2.21. The number of halogens is 1. The lowest BCUT2D eigenvalue weighted by molar-refractivity contribution is 0.0697. The third-order valence-electron chi connectivity index (χ3n) is 3.85. The summed E-state index contributed by atoms with van der Waals surface area (Å²) in [7, 11) is 0. The summed E-state index contributed by atoms with van der Waals surface area (Å²) in [6.45, 7) is 2.14. The molecule has 0 saturated carbocycles. The molecular weight excluding hydrogens is 322 g/mol. The SMILES string of the molecule is O=C(O)c1ccn2c(CC3CCNCC3)nc(Br)c2c1. The van der Waals surface area contributed by atoms with Crippen molar-refractivity contribution in [3.05, 3.63) is 34.3 Å². The minimum atomic E-state index is -0.916. The van der Waals surface area contributed by atoms with Gasteiger partial charge in [-0.05, 0) is 59.9 Å². The van der Waals surface area contributed by atoms with Gasteiger partial charge in [-0.3, -0.25) is 0 Å². The monoisotopic (exact) mass is 337 g/mol. The Bertz CT molecular complexity index is 647. The second-order valence-corrected chi connectivity index (χ2v) is 5.94. The van der Waals surface area contributed by atoms with Gasteiger partial charge in [0.25, 0.3) is 0 Å². The van der Waals surface area contributed by atoms with Crippen molar-refractivity contribution in [2.45, 2.75) is 19.3 Å². The molecule has 0 atom stereocenters. The van der Waals surface area contributed by atoms with E-state index in [1.54, 1.807) is 18.3 Å². The molecule has 0 radical (unpaired) electrons. The van der Waals surface area contributed by atoms with Gasteiger partial charge in [0.05, 0.1) is 11.1 Å². The van der Waals surface area contributed by atoms with Crippen molar-refractivity contribution >= 4 is 27.4 Å². The molecule has 1 fully saturated rings. The summed E-state index contributed by atoms with van der Waals surface area (Å²) in [5, 5.41) is 12.4. The van der Waals surface area contributed by atoms with E-state index in [-0.39, 0.29) is 5.56 Å². The number of aromatic carboxylic acids is 1. The lowest BCUT2D eigenvalue weighted by Crippen LogP contribution is -2.29. The standard InChI is InChI=1S/C14H16BrN3O2/c15-13-11-8-10(14(19)20)3-6-18(11)12(17-13)7-9-1-4-16-5-2-9/h3,6,8-9,16H,1-2,4-5,7H2,(H,19,20). The third-order valence-corrected chi connectivity index (χ3v) is 4.43. The molecule has 20 heavy (non-hydrogen) atoms. The molecule has 1 aliphatic heterocycles. The first-order valence-electron chi connectivity index (χ1n) is 6.75. The van der Waals surface area contributed by atoms with Gasteiger partial charge in [-0.15, -0.1) is 0 Å². The fraction of sp³-hybridized carbons (Fsp3) is 0.429. The molecule has 5 nitrogen and oxygen atoms in total. The summed E-state index contributed by atoms with van der Waals surface area (Å²) in [5.74, 6) is 0.726. The summed E-state index contributed by atoms with van der Waals surface area (Å²) in [6, 6.07) is 3.28. The molecular formula is C14H16BrN3O2. The van der Waals surface area contributed by atoms with Crippen molar-refractivity contribution in [3.8, 4) is 0 Å². The van der Waals surface area contributed by atoms with Crippen LogP contribution in [0.2, 0.25) is 0 Å². The van der Waals surface area contributed by atoms with Crippen LogP contribution in [0.1, 0.15) is 29.0 Å². The van der Waals surface area contributed by atoms with E-state index in [0.29, 0.717) is 10.5 Å². The number of pyridine rings is 1. The minimum absolute atomic E-state index is 0.284. The first-order valence-corrected chi connectivity index (χ1v) is 7.55. The molecule has 2 aromatic heterocycles. The van der Waals surface area contributed by atoms with Gasteiger partial charge in [0.1, 0.15) is 10.4 Å². The smallest absolute Gasteiger partial charge is 0.335 e. The number of carboxylic acid groups (broad SMARTS) is 1. The van der Waals surface area contributed by atoms with Gasteiger partial charge in [-0.1, -0.05) is 0 Å². The number of aromatic nitrogens is 2. The zero-order valence-corrected chi connectivity index (χ0v) is 12.6. The van der Waals surface area contributed by atoms with Gasteiger partial charge in [-0.25, -0.2) is 9.78 Å². The molecule has 6 heteroatoms. The van der Waals surface area contributed by atoms with E-state index in [1.807, 2.05) is 4.40 Å². The maximum absolute atomic E-state index is 11.0. The molecule has 3 rings (SSSR count). The molecule has 0 aliphatic carbocycles. The Labute approximate surface area is 125 Å². The zero-order chi connectivity index (χ0) is 14.1. The summed E-state index contributed by atoms with van der Waals surface area (Å²) in [5.41, 5.74) is 1.10. The number of nitrogens with zero attached hydrogens (tertiary/aromatic N) is 2.